The van der Waals surface area contributed by atoms with Crippen molar-refractivity contribution in [2.45, 2.75) is 33.2 Å². The third-order valence-electron chi connectivity index (χ3n) is 3.29. The molecule has 3 heterocycles. The Labute approximate surface area is 121 Å². The second kappa shape index (κ2) is 4.90. The van der Waals surface area contributed by atoms with Gasteiger partial charge in [-0.25, -0.2) is 9.97 Å². The van der Waals surface area contributed by atoms with E-state index in [2.05, 4.69) is 22.0 Å². The molecule has 0 aliphatic rings. The largest absolute Gasteiger partial charge is 0.369 e. The average molecular weight is 290 g/mol. The van der Waals surface area contributed by atoms with Gasteiger partial charge in [0.2, 0.25) is 5.95 Å². The topological polar surface area (TPSA) is 74.6 Å². The summed E-state index contributed by atoms with van der Waals surface area (Å²) >= 11 is 1.68. The van der Waals surface area contributed by atoms with Crippen molar-refractivity contribution in [2.24, 2.45) is 7.05 Å². The van der Waals surface area contributed by atoms with E-state index in [0.717, 1.165) is 34.7 Å². The van der Waals surface area contributed by atoms with E-state index in [0.29, 0.717) is 12.5 Å². The third kappa shape index (κ3) is 2.07. The monoisotopic (exact) mass is 290 g/mol. The van der Waals surface area contributed by atoms with Gasteiger partial charge in [-0.1, -0.05) is 13.3 Å². The van der Waals surface area contributed by atoms with E-state index in [1.54, 1.807) is 11.3 Å². The van der Waals surface area contributed by atoms with Crippen LogP contribution in [-0.2, 0) is 20.0 Å². The molecule has 0 atom stereocenters. The number of nitrogens with zero attached hydrogens (tertiary/aromatic N) is 5. The molecule has 3 aromatic rings. The van der Waals surface area contributed by atoms with Crippen molar-refractivity contribution in [3.05, 3.63) is 21.8 Å². The molecular formula is C13H18N6S. The van der Waals surface area contributed by atoms with Gasteiger partial charge in [-0.15, -0.1) is 11.3 Å². The number of imidazole rings is 1. The lowest BCUT2D eigenvalue weighted by Crippen LogP contribution is -2.07. The summed E-state index contributed by atoms with van der Waals surface area (Å²) in [5.74, 6) is 0.538. The number of nitrogen functional groups attached to an aromatic ring is 1. The number of fused-ring (bicyclic) bond motifs is 1. The molecule has 0 radical (unpaired) electrons. The van der Waals surface area contributed by atoms with Gasteiger partial charge in [0, 0.05) is 18.1 Å². The van der Waals surface area contributed by atoms with Crippen LogP contribution in [0, 0.1) is 6.92 Å². The third-order valence-corrected chi connectivity index (χ3v) is 4.19. The molecular weight excluding hydrogens is 272 g/mol. The van der Waals surface area contributed by atoms with E-state index in [-0.39, 0.29) is 0 Å². The zero-order valence-corrected chi connectivity index (χ0v) is 12.7. The minimum Gasteiger partial charge on any atom is -0.369 e. The molecule has 0 aliphatic heterocycles. The molecule has 0 saturated heterocycles. The first-order valence-electron chi connectivity index (χ1n) is 6.69. The molecule has 0 aliphatic carbocycles. The van der Waals surface area contributed by atoms with Crippen molar-refractivity contribution in [1.29, 1.82) is 0 Å². The van der Waals surface area contributed by atoms with Crippen molar-refractivity contribution >= 4 is 28.4 Å². The molecule has 6 nitrogen and oxygen atoms in total. The van der Waals surface area contributed by atoms with Crippen LogP contribution in [0.25, 0.3) is 11.2 Å². The van der Waals surface area contributed by atoms with Gasteiger partial charge in [0.15, 0.2) is 5.65 Å². The molecule has 0 saturated carbocycles. The lowest BCUT2D eigenvalue weighted by atomic mass is 10.2. The molecule has 0 aromatic carbocycles. The predicted octanol–water partition coefficient (Wildman–Crippen LogP) is 2.12. The first-order chi connectivity index (χ1) is 9.60. The normalized spacial score (nSPS) is 11.6. The first kappa shape index (κ1) is 13.1. The summed E-state index contributed by atoms with van der Waals surface area (Å²) in [4.78, 5) is 9.96. The average Bonchev–Trinajstić information content (AvgIpc) is 3.02. The van der Waals surface area contributed by atoms with E-state index in [1.165, 1.54) is 4.88 Å². The Morgan fingerprint density at radius 2 is 2.20 bits per heavy atom. The van der Waals surface area contributed by atoms with Crippen molar-refractivity contribution in [3.63, 3.8) is 0 Å². The quantitative estimate of drug-likeness (QED) is 0.798. The summed E-state index contributed by atoms with van der Waals surface area (Å²) < 4.78 is 3.88. The van der Waals surface area contributed by atoms with Gasteiger partial charge in [0.1, 0.15) is 5.52 Å². The number of aryl methyl sites for hydroxylation is 3. The number of anilines is 1. The molecule has 20 heavy (non-hydrogen) atoms. The lowest BCUT2D eigenvalue weighted by molar-refractivity contribution is 0.714. The highest BCUT2D eigenvalue weighted by Gasteiger charge is 2.18. The van der Waals surface area contributed by atoms with Crippen LogP contribution >= 0.6 is 11.3 Å². The Morgan fingerprint density at radius 3 is 2.85 bits per heavy atom. The molecule has 106 valence electrons. The van der Waals surface area contributed by atoms with Gasteiger partial charge in [-0.05, 0) is 13.3 Å². The molecule has 0 unspecified atom stereocenters. The van der Waals surface area contributed by atoms with Crippen molar-refractivity contribution in [2.75, 3.05) is 5.73 Å². The molecule has 0 spiro atoms. The van der Waals surface area contributed by atoms with Gasteiger partial charge in [-0.3, -0.25) is 9.25 Å². The zero-order chi connectivity index (χ0) is 14.3. The predicted molar refractivity (Wildman–Crippen MR) is 80.9 cm³/mol. The minimum atomic E-state index is 0.538. The Balaban J connectivity index is 2.08. The molecule has 7 heteroatoms. The number of aromatic nitrogens is 5. The van der Waals surface area contributed by atoms with E-state index < -0.39 is 0 Å². The second-order valence-corrected chi connectivity index (χ2v) is 6.21. The van der Waals surface area contributed by atoms with E-state index in [9.17, 15) is 0 Å². The van der Waals surface area contributed by atoms with E-state index in [1.807, 2.05) is 29.4 Å². The summed E-state index contributed by atoms with van der Waals surface area (Å²) in [6, 6.07) is 0. The maximum atomic E-state index is 6.08. The smallest absolute Gasteiger partial charge is 0.202 e. The van der Waals surface area contributed by atoms with Crippen LogP contribution in [0.15, 0.2) is 6.20 Å². The summed E-state index contributed by atoms with van der Waals surface area (Å²) in [7, 11) is 1.94. The zero-order valence-electron chi connectivity index (χ0n) is 11.9. The standard InChI is InChI=1S/C13H18N6S/c1-4-5-10-11-12(18(3)17-10)19(13(14)16-11)7-9-6-15-8(2)20-9/h6H,4-5,7H2,1-3H3,(H2,14,16). The summed E-state index contributed by atoms with van der Waals surface area (Å²) in [5.41, 5.74) is 9.01. The SMILES string of the molecule is CCCc1nn(C)c2c1nc(N)n2Cc1cnc(C)s1. The summed E-state index contributed by atoms with van der Waals surface area (Å²) in [5, 5.41) is 5.62. The van der Waals surface area contributed by atoms with Crippen LogP contribution in [0.3, 0.4) is 0 Å². The highest BCUT2D eigenvalue weighted by Crippen LogP contribution is 2.24. The number of rotatable bonds is 4. The fourth-order valence-corrected chi connectivity index (χ4v) is 3.24. The van der Waals surface area contributed by atoms with Crippen molar-refractivity contribution < 1.29 is 0 Å². The van der Waals surface area contributed by atoms with Crippen LogP contribution < -0.4 is 5.73 Å². The molecule has 3 aromatic heterocycles. The molecule has 3 rings (SSSR count). The maximum Gasteiger partial charge on any atom is 0.202 e. The second-order valence-electron chi connectivity index (χ2n) is 4.89. The Kier molecular flexibility index (Phi) is 3.21. The Bertz CT molecular complexity index is 750. The highest BCUT2D eigenvalue weighted by molar-refractivity contribution is 7.11. The van der Waals surface area contributed by atoms with Gasteiger partial charge < -0.3 is 5.73 Å². The van der Waals surface area contributed by atoms with E-state index in [4.69, 9.17) is 5.73 Å². The van der Waals surface area contributed by atoms with Gasteiger partial charge in [0.05, 0.1) is 17.2 Å². The van der Waals surface area contributed by atoms with Crippen LogP contribution in [0.5, 0.6) is 0 Å². The number of nitrogens with two attached hydrogens (primary N) is 1. The molecule has 2 N–H and O–H groups in total. The molecule has 0 bridgehead atoms. The lowest BCUT2D eigenvalue weighted by Gasteiger charge is -2.04. The fraction of sp³-hybridized carbons (Fsp3) is 0.462. The maximum absolute atomic E-state index is 6.08. The van der Waals surface area contributed by atoms with Gasteiger partial charge in [0.25, 0.3) is 0 Å². The van der Waals surface area contributed by atoms with Crippen LogP contribution in [0.2, 0.25) is 0 Å². The molecule has 0 fully saturated rings. The fourth-order valence-electron chi connectivity index (χ4n) is 2.45. The Hall–Kier alpha value is -1.89. The summed E-state index contributed by atoms with van der Waals surface area (Å²) in [6.45, 7) is 4.84. The molecule has 0 amide bonds. The van der Waals surface area contributed by atoms with Crippen molar-refractivity contribution in [1.82, 2.24) is 24.3 Å². The number of hydrogen-bond acceptors (Lipinski definition) is 5. The Morgan fingerprint density at radius 1 is 1.40 bits per heavy atom. The minimum absolute atomic E-state index is 0.538. The summed E-state index contributed by atoms with van der Waals surface area (Å²) in [6.07, 6.45) is 3.87. The van der Waals surface area contributed by atoms with Gasteiger partial charge in [-0.2, -0.15) is 5.10 Å². The highest BCUT2D eigenvalue weighted by atomic mass is 32.1. The van der Waals surface area contributed by atoms with Crippen LogP contribution in [0.4, 0.5) is 5.95 Å². The first-order valence-corrected chi connectivity index (χ1v) is 7.50. The van der Waals surface area contributed by atoms with E-state index >= 15 is 0 Å². The van der Waals surface area contributed by atoms with Crippen molar-refractivity contribution in [3.8, 4) is 0 Å². The number of hydrogen-bond donors (Lipinski definition) is 1. The van der Waals surface area contributed by atoms with Crippen LogP contribution in [-0.4, -0.2) is 24.3 Å². The van der Waals surface area contributed by atoms with Crippen LogP contribution in [0.1, 0.15) is 28.9 Å². The van der Waals surface area contributed by atoms with Gasteiger partial charge >= 0.3 is 0 Å². The number of thiazole rings is 1.